The number of carbonyl (C=O) groups excluding carboxylic acids is 1. The van der Waals surface area contributed by atoms with Crippen LogP contribution in [0.15, 0.2) is 18.5 Å². The summed E-state index contributed by atoms with van der Waals surface area (Å²) >= 11 is 1.40. The van der Waals surface area contributed by atoms with E-state index < -0.39 is 8.07 Å². The first-order valence-electron chi connectivity index (χ1n) is 9.10. The van der Waals surface area contributed by atoms with E-state index in [1.165, 1.54) is 23.5 Å². The minimum Gasteiger partial charge on any atom is -0.494 e. The first-order valence-corrected chi connectivity index (χ1v) is 13.6. The number of hydrogen-bond donors (Lipinski definition) is 0. The van der Waals surface area contributed by atoms with Crippen LogP contribution in [0.25, 0.3) is 21.1 Å². The summed E-state index contributed by atoms with van der Waals surface area (Å²) in [5, 5.41) is 2.14. The van der Waals surface area contributed by atoms with Crippen LogP contribution in [0.5, 0.6) is 5.75 Å². The lowest BCUT2D eigenvalue weighted by molar-refractivity contribution is -0.0753. The van der Waals surface area contributed by atoms with E-state index in [1.54, 1.807) is 20.5 Å². The largest absolute Gasteiger partial charge is 0.494 e. The van der Waals surface area contributed by atoms with Crippen LogP contribution in [-0.4, -0.2) is 56.5 Å². The van der Waals surface area contributed by atoms with Crippen molar-refractivity contribution in [1.82, 2.24) is 14.6 Å². The van der Waals surface area contributed by atoms with Gasteiger partial charge in [0.05, 0.1) is 25.4 Å². The van der Waals surface area contributed by atoms with E-state index in [0.29, 0.717) is 11.6 Å². The highest BCUT2D eigenvalue weighted by atomic mass is 32.1. The van der Waals surface area contributed by atoms with Crippen LogP contribution in [0.3, 0.4) is 0 Å². The van der Waals surface area contributed by atoms with Gasteiger partial charge >= 0.3 is 0 Å². The van der Waals surface area contributed by atoms with E-state index in [4.69, 9.17) is 14.3 Å². The number of amides is 1. The quantitative estimate of drug-likeness (QED) is 0.310. The third-order valence-corrected chi connectivity index (χ3v) is 7.34. The highest BCUT2D eigenvalue weighted by molar-refractivity contribution is 7.21. The van der Waals surface area contributed by atoms with Gasteiger partial charge in [0.2, 0.25) is 0 Å². The van der Waals surface area contributed by atoms with Crippen LogP contribution in [0, 0.1) is 0 Å². The highest BCUT2D eigenvalue weighted by Gasteiger charge is 2.20. The molecule has 0 unspecified atom stereocenters. The summed E-state index contributed by atoms with van der Waals surface area (Å²) < 4.78 is 14.4. The smallest absolute Gasteiger partial charge is 0.287 e. The monoisotopic (exact) mass is 421 g/mol. The Morgan fingerprint density at radius 3 is 2.68 bits per heavy atom. The average Bonchev–Trinajstić information content (AvgIpc) is 3.26. The van der Waals surface area contributed by atoms with E-state index in [9.17, 15) is 4.79 Å². The van der Waals surface area contributed by atoms with Crippen molar-refractivity contribution in [3.05, 3.63) is 23.3 Å². The number of methoxy groups -OCH3 is 1. The third kappa shape index (κ3) is 4.22. The SMILES string of the molecule is COc1cc2sc(C(=O)N(C)OC)cc2c2ncn(COCC[Si](C)(C)C)c12. The van der Waals surface area contributed by atoms with Gasteiger partial charge in [-0.25, -0.2) is 10.0 Å². The second-order valence-corrected chi connectivity index (χ2v) is 14.6. The molecule has 0 N–H and O–H groups in total. The number of ether oxygens (including phenoxy) is 2. The molecule has 1 amide bonds. The van der Waals surface area contributed by atoms with Crippen molar-refractivity contribution < 1.29 is 19.1 Å². The number of imidazole rings is 1. The normalized spacial score (nSPS) is 12.1. The molecule has 152 valence electrons. The van der Waals surface area contributed by atoms with Crippen molar-refractivity contribution in [2.24, 2.45) is 0 Å². The van der Waals surface area contributed by atoms with Gasteiger partial charge < -0.3 is 14.0 Å². The summed E-state index contributed by atoms with van der Waals surface area (Å²) in [6.45, 7) is 8.16. The lowest BCUT2D eigenvalue weighted by atomic mass is 10.2. The van der Waals surface area contributed by atoms with Gasteiger partial charge in [0.1, 0.15) is 23.5 Å². The molecule has 0 radical (unpaired) electrons. The second-order valence-electron chi connectivity index (χ2n) is 7.85. The molecule has 3 aromatic rings. The summed E-state index contributed by atoms with van der Waals surface area (Å²) in [7, 11) is 3.58. The van der Waals surface area contributed by atoms with Gasteiger partial charge in [-0.2, -0.15) is 0 Å². The first kappa shape index (κ1) is 20.8. The zero-order valence-electron chi connectivity index (χ0n) is 17.2. The third-order valence-electron chi connectivity index (χ3n) is 4.57. The van der Waals surface area contributed by atoms with Crippen LogP contribution in [0.2, 0.25) is 25.7 Å². The van der Waals surface area contributed by atoms with Gasteiger partial charge in [-0.1, -0.05) is 19.6 Å². The Bertz CT molecular complexity index is 993. The van der Waals surface area contributed by atoms with Crippen LogP contribution in [0.1, 0.15) is 9.67 Å². The predicted octanol–water partition coefficient (Wildman–Crippen LogP) is 4.21. The minimum absolute atomic E-state index is 0.190. The molecule has 9 heteroatoms. The van der Waals surface area contributed by atoms with E-state index in [-0.39, 0.29) is 5.91 Å². The summed E-state index contributed by atoms with van der Waals surface area (Å²) in [5.74, 6) is 0.527. The Labute approximate surface area is 169 Å². The molecule has 28 heavy (non-hydrogen) atoms. The molecule has 2 heterocycles. The van der Waals surface area contributed by atoms with Gasteiger partial charge in [0.25, 0.3) is 5.91 Å². The Morgan fingerprint density at radius 2 is 2.04 bits per heavy atom. The Hall–Kier alpha value is -1.94. The first-order chi connectivity index (χ1) is 13.2. The Kier molecular flexibility index (Phi) is 6.09. The fourth-order valence-electron chi connectivity index (χ4n) is 2.86. The standard InChI is InChI=1S/C19H27N3O4SSi/c1-21(25-3)19(23)16-9-13-15(27-16)10-14(24-2)18-17(13)20-11-22(18)12-26-7-8-28(4,5)6/h9-11H,7-8,12H2,1-6H3. The molecule has 0 spiro atoms. The highest BCUT2D eigenvalue weighted by Crippen LogP contribution is 2.37. The Morgan fingerprint density at radius 1 is 1.29 bits per heavy atom. The van der Waals surface area contributed by atoms with Gasteiger partial charge in [-0.15, -0.1) is 11.3 Å². The molecule has 0 fully saturated rings. The van der Waals surface area contributed by atoms with E-state index in [1.807, 2.05) is 16.7 Å². The molecule has 0 aliphatic heterocycles. The van der Waals surface area contributed by atoms with Crippen LogP contribution in [-0.2, 0) is 16.3 Å². The molecule has 1 aromatic carbocycles. The topological polar surface area (TPSA) is 65.8 Å². The number of hydroxylamine groups is 2. The van der Waals surface area contributed by atoms with Crippen molar-refractivity contribution >= 4 is 46.4 Å². The van der Waals surface area contributed by atoms with Gasteiger partial charge in [0.15, 0.2) is 0 Å². The zero-order valence-corrected chi connectivity index (χ0v) is 19.1. The molecule has 0 atom stereocenters. The molecule has 0 aliphatic rings. The summed E-state index contributed by atoms with van der Waals surface area (Å²) in [4.78, 5) is 22.6. The van der Waals surface area contributed by atoms with Crippen molar-refractivity contribution in [2.45, 2.75) is 32.4 Å². The van der Waals surface area contributed by atoms with Crippen LogP contribution >= 0.6 is 11.3 Å². The maximum atomic E-state index is 12.4. The minimum atomic E-state index is -1.13. The van der Waals surface area contributed by atoms with Crippen LogP contribution in [0.4, 0.5) is 0 Å². The molecular formula is C19H27N3O4SSi. The molecule has 0 bridgehead atoms. The zero-order chi connectivity index (χ0) is 20.5. The lowest BCUT2D eigenvalue weighted by Crippen LogP contribution is -2.24. The second kappa shape index (κ2) is 8.20. The fraction of sp³-hybridized carbons (Fsp3) is 0.474. The molecule has 3 rings (SSSR count). The molecule has 0 saturated carbocycles. The molecular weight excluding hydrogens is 394 g/mol. The molecule has 2 aromatic heterocycles. The maximum absolute atomic E-state index is 12.4. The molecule has 0 saturated heterocycles. The lowest BCUT2D eigenvalue weighted by Gasteiger charge is -2.16. The average molecular weight is 422 g/mol. The van der Waals surface area contributed by atoms with Gasteiger partial charge in [-0.05, 0) is 12.1 Å². The fourth-order valence-corrected chi connectivity index (χ4v) is 4.68. The molecule has 0 aliphatic carbocycles. The van der Waals surface area contributed by atoms with Crippen molar-refractivity contribution in [2.75, 3.05) is 27.9 Å². The van der Waals surface area contributed by atoms with Gasteiger partial charge in [-0.3, -0.25) is 9.63 Å². The van der Waals surface area contributed by atoms with Crippen LogP contribution < -0.4 is 4.74 Å². The van der Waals surface area contributed by atoms with Crippen molar-refractivity contribution in [1.29, 1.82) is 0 Å². The predicted molar refractivity (Wildman–Crippen MR) is 115 cm³/mol. The van der Waals surface area contributed by atoms with E-state index in [0.717, 1.165) is 39.5 Å². The number of hydrogen-bond acceptors (Lipinski definition) is 6. The number of fused-ring (bicyclic) bond motifs is 3. The van der Waals surface area contributed by atoms with Crippen molar-refractivity contribution in [3.8, 4) is 5.75 Å². The number of thiophene rings is 1. The van der Waals surface area contributed by atoms with E-state index >= 15 is 0 Å². The van der Waals surface area contributed by atoms with Crippen molar-refractivity contribution in [3.63, 3.8) is 0 Å². The maximum Gasteiger partial charge on any atom is 0.287 e. The van der Waals surface area contributed by atoms with Gasteiger partial charge in [0, 0.05) is 37.9 Å². The number of aromatic nitrogens is 2. The molecule has 7 nitrogen and oxygen atoms in total. The number of nitrogens with zero attached hydrogens (tertiary/aromatic N) is 3. The number of carbonyl (C=O) groups is 1. The summed E-state index contributed by atoms with van der Waals surface area (Å²) in [6.07, 6.45) is 1.77. The van der Waals surface area contributed by atoms with E-state index in [2.05, 4.69) is 24.6 Å². The summed E-state index contributed by atoms with van der Waals surface area (Å²) in [5.41, 5.74) is 1.68. The summed E-state index contributed by atoms with van der Waals surface area (Å²) in [6, 6.07) is 4.93. The Balaban J connectivity index is 1.95. The number of benzene rings is 1. The number of rotatable bonds is 8.